The van der Waals surface area contributed by atoms with Gasteiger partial charge < -0.3 is 0 Å². The maximum absolute atomic E-state index is 4.88. The van der Waals surface area contributed by atoms with E-state index < -0.39 is 0 Å². The fraction of sp³-hybridized carbons (Fsp3) is 0.400. The summed E-state index contributed by atoms with van der Waals surface area (Å²) in [7, 11) is 0. The number of fused-ring (bicyclic) bond motifs is 3. The molecule has 0 saturated heterocycles. The van der Waals surface area contributed by atoms with Gasteiger partial charge in [0.15, 0.2) is 0 Å². The third-order valence-electron chi connectivity index (χ3n) is 11.7. The highest BCUT2D eigenvalue weighted by Gasteiger charge is 2.66. The molecule has 5 rings (SSSR count). The van der Waals surface area contributed by atoms with E-state index in [0.717, 1.165) is 12.8 Å². The summed E-state index contributed by atoms with van der Waals surface area (Å²) < 4.78 is 0. The van der Waals surface area contributed by atoms with Crippen LogP contribution in [0.1, 0.15) is 90.8 Å². The first-order valence-electron chi connectivity index (χ1n) is 15.0. The van der Waals surface area contributed by atoms with E-state index in [0.29, 0.717) is 5.92 Å². The van der Waals surface area contributed by atoms with Gasteiger partial charge in [-0.15, -0.1) is 0 Å². The van der Waals surface area contributed by atoms with Crippen molar-refractivity contribution in [3.05, 3.63) is 124 Å². The van der Waals surface area contributed by atoms with E-state index in [2.05, 4.69) is 111 Å². The van der Waals surface area contributed by atoms with Gasteiger partial charge >= 0.3 is 0 Å². The van der Waals surface area contributed by atoms with E-state index in [4.69, 9.17) is 19.7 Å². The van der Waals surface area contributed by atoms with Crippen molar-refractivity contribution < 1.29 is 0 Å². The van der Waals surface area contributed by atoms with Crippen molar-refractivity contribution in [2.45, 2.75) is 81.1 Å². The van der Waals surface area contributed by atoms with Crippen LogP contribution >= 0.6 is 0 Å². The summed E-state index contributed by atoms with van der Waals surface area (Å²) in [5.41, 5.74) is 16.6. The summed E-state index contributed by atoms with van der Waals surface area (Å²) in [5.74, 6) is 0.556. The molecule has 5 unspecified atom stereocenters. The van der Waals surface area contributed by atoms with Gasteiger partial charge in [0, 0.05) is 10.8 Å². The molecule has 0 fully saturated rings. The summed E-state index contributed by atoms with van der Waals surface area (Å²) in [5, 5.41) is 0. The average Bonchev–Trinajstić information content (AvgIpc) is 2.89. The minimum Gasteiger partial charge on any atom is -0.0998 e. The highest BCUT2D eigenvalue weighted by molar-refractivity contribution is 5.89. The third kappa shape index (κ3) is 3.38. The highest BCUT2D eigenvalue weighted by Crippen LogP contribution is 2.75. The lowest BCUT2D eigenvalue weighted by atomic mass is 9.35. The molecule has 3 aliphatic carbocycles. The molecule has 40 heavy (non-hydrogen) atoms. The number of benzene rings is 2. The minimum atomic E-state index is -0.226. The van der Waals surface area contributed by atoms with Crippen molar-refractivity contribution in [2.75, 3.05) is 0 Å². The van der Waals surface area contributed by atoms with Gasteiger partial charge in [0.05, 0.1) is 0 Å². The van der Waals surface area contributed by atoms with Crippen molar-refractivity contribution in [2.24, 2.45) is 22.2 Å². The summed E-state index contributed by atoms with van der Waals surface area (Å²) in [4.78, 5) is 0. The van der Waals surface area contributed by atoms with Crippen molar-refractivity contribution in [1.29, 1.82) is 0 Å². The Balaban J connectivity index is 1.85. The Hall–Kier alpha value is -3.12. The van der Waals surface area contributed by atoms with Crippen LogP contribution in [0.3, 0.4) is 0 Å². The van der Waals surface area contributed by atoms with Crippen LogP contribution in [0.25, 0.3) is 16.7 Å². The Morgan fingerprint density at radius 3 is 2.15 bits per heavy atom. The van der Waals surface area contributed by atoms with E-state index in [1.54, 1.807) is 0 Å². The molecule has 0 aliphatic heterocycles. The summed E-state index contributed by atoms with van der Waals surface area (Å²) in [6.45, 7) is 40.3. The molecule has 2 aromatic rings. The summed E-state index contributed by atoms with van der Waals surface area (Å²) in [6.07, 6.45) is 1.96. The van der Waals surface area contributed by atoms with Crippen LogP contribution in [0.15, 0.2) is 108 Å². The van der Waals surface area contributed by atoms with E-state index in [-0.39, 0.29) is 22.2 Å². The molecular weight excluding hydrogens is 480 g/mol. The maximum atomic E-state index is 4.88. The molecular formula is C40H48. The molecule has 0 saturated carbocycles. The SMILES string of the molecule is C=C(CC)C1=C(C)CC2(C)C(C(=C)C)C3(C)C(=C(C)C2(C)C1=C)C(=C)c1c(C)cc(-c2ccccc2)cc1C3C. The lowest BCUT2D eigenvalue weighted by Crippen LogP contribution is -2.59. The van der Waals surface area contributed by atoms with Crippen molar-refractivity contribution in [1.82, 2.24) is 0 Å². The standard InChI is InChI=1S/C40H48/c1-14-24(4)34-26(6)22-38(11)37(23(2)3)39(12)28(8)33-21-32(31-18-16-15-17-19-31)20-25(5)35(33)27(7)36(39)30(10)40(38,13)29(34)9/h15-21,28,37H,2,4,7,9,14,22H2,1,3,5-6,8,10-13H3. The Kier molecular flexibility index (Phi) is 6.53. The molecule has 0 radical (unpaired) electrons. The molecule has 208 valence electrons. The molecule has 0 N–H and O–H groups in total. The van der Waals surface area contributed by atoms with E-state index >= 15 is 0 Å². The van der Waals surface area contributed by atoms with Crippen molar-refractivity contribution >= 4 is 5.57 Å². The maximum Gasteiger partial charge on any atom is 0.0200 e. The Bertz CT molecular complexity index is 1550. The molecule has 0 aromatic heterocycles. The topological polar surface area (TPSA) is 0 Å². The van der Waals surface area contributed by atoms with Gasteiger partial charge in [-0.3, -0.25) is 0 Å². The highest BCUT2D eigenvalue weighted by atomic mass is 14.7. The average molecular weight is 529 g/mol. The van der Waals surface area contributed by atoms with Gasteiger partial charge in [0.25, 0.3) is 0 Å². The van der Waals surface area contributed by atoms with Crippen LogP contribution in [0.2, 0.25) is 0 Å². The number of hydrogen-bond acceptors (Lipinski definition) is 0. The van der Waals surface area contributed by atoms with Crippen LogP contribution < -0.4 is 0 Å². The predicted octanol–water partition coefficient (Wildman–Crippen LogP) is 11.6. The molecule has 0 nitrogen and oxygen atoms in total. The largest absolute Gasteiger partial charge is 0.0998 e. The molecule has 0 heteroatoms. The quantitative estimate of drug-likeness (QED) is 0.346. The van der Waals surface area contributed by atoms with Crippen LogP contribution in [-0.2, 0) is 0 Å². The van der Waals surface area contributed by atoms with Crippen molar-refractivity contribution in [3.63, 3.8) is 0 Å². The number of rotatable bonds is 4. The van der Waals surface area contributed by atoms with Gasteiger partial charge in [0.1, 0.15) is 0 Å². The molecule has 2 aromatic carbocycles. The Morgan fingerprint density at radius 2 is 1.57 bits per heavy atom. The smallest absolute Gasteiger partial charge is 0.0200 e. The van der Waals surface area contributed by atoms with E-state index in [1.165, 1.54) is 72.4 Å². The van der Waals surface area contributed by atoms with Crippen LogP contribution in [-0.4, -0.2) is 0 Å². The molecule has 0 bridgehead atoms. The second kappa shape index (κ2) is 9.20. The summed E-state index contributed by atoms with van der Waals surface area (Å²) >= 11 is 0. The zero-order chi connectivity index (χ0) is 29.5. The molecule has 5 atom stereocenters. The first kappa shape index (κ1) is 28.4. The predicted molar refractivity (Wildman–Crippen MR) is 175 cm³/mol. The molecule has 3 aliphatic rings. The first-order valence-corrected chi connectivity index (χ1v) is 15.0. The number of aryl methyl sites for hydroxylation is 1. The Labute approximate surface area is 244 Å². The fourth-order valence-electron chi connectivity index (χ4n) is 9.75. The van der Waals surface area contributed by atoms with Crippen LogP contribution in [0, 0.1) is 29.1 Å². The summed E-state index contributed by atoms with van der Waals surface area (Å²) in [6, 6.07) is 15.6. The normalized spacial score (nSPS) is 31.5. The van der Waals surface area contributed by atoms with E-state index in [9.17, 15) is 0 Å². The van der Waals surface area contributed by atoms with Gasteiger partial charge in [-0.05, 0) is 113 Å². The van der Waals surface area contributed by atoms with Crippen molar-refractivity contribution in [3.8, 4) is 11.1 Å². The zero-order valence-corrected chi connectivity index (χ0v) is 26.4. The second-order valence-corrected chi connectivity index (χ2v) is 13.7. The van der Waals surface area contributed by atoms with Crippen LogP contribution in [0.4, 0.5) is 0 Å². The monoisotopic (exact) mass is 528 g/mol. The lowest BCUT2D eigenvalue weighted by molar-refractivity contribution is -0.0152. The number of allylic oxidation sites excluding steroid dienone is 8. The second-order valence-electron chi connectivity index (χ2n) is 13.7. The fourth-order valence-corrected chi connectivity index (χ4v) is 9.75. The zero-order valence-electron chi connectivity index (χ0n) is 26.4. The third-order valence-corrected chi connectivity index (χ3v) is 11.7. The molecule has 0 heterocycles. The van der Waals surface area contributed by atoms with Gasteiger partial charge in [-0.2, -0.15) is 0 Å². The minimum absolute atomic E-state index is 0.0714. The van der Waals surface area contributed by atoms with Gasteiger partial charge in [-0.25, -0.2) is 0 Å². The Morgan fingerprint density at radius 1 is 0.950 bits per heavy atom. The van der Waals surface area contributed by atoms with Gasteiger partial charge in [-0.1, -0.05) is 120 Å². The van der Waals surface area contributed by atoms with Gasteiger partial charge in [0.2, 0.25) is 0 Å². The number of hydrogen-bond donors (Lipinski definition) is 0. The van der Waals surface area contributed by atoms with E-state index in [1.807, 2.05) is 0 Å². The molecule has 0 spiro atoms. The lowest BCUT2D eigenvalue weighted by Gasteiger charge is -2.67. The van der Waals surface area contributed by atoms with Crippen LogP contribution in [0.5, 0.6) is 0 Å². The molecule has 0 amide bonds. The first-order chi connectivity index (χ1) is 18.7.